The molecule has 108 valence electrons. The van der Waals surface area contributed by atoms with E-state index in [-0.39, 0.29) is 16.5 Å². The van der Waals surface area contributed by atoms with E-state index in [0.29, 0.717) is 5.76 Å². The third-order valence-electron chi connectivity index (χ3n) is 2.62. The van der Waals surface area contributed by atoms with Crippen LogP contribution in [-0.2, 0) is 10.0 Å². The summed E-state index contributed by atoms with van der Waals surface area (Å²) in [6, 6.07) is 2.62. The molecule has 1 aromatic carbocycles. The SMILES string of the molecule is Cc1cnc(C(C)NS(=O)(=O)c2ccc(N)c(F)c2)o1. The quantitative estimate of drug-likeness (QED) is 0.838. The number of oxazole rings is 1. The van der Waals surface area contributed by atoms with Gasteiger partial charge in [-0.3, -0.25) is 0 Å². The maximum absolute atomic E-state index is 13.3. The average Bonchev–Trinajstić information content (AvgIpc) is 2.79. The first-order chi connectivity index (χ1) is 9.29. The van der Waals surface area contributed by atoms with Crippen molar-refractivity contribution in [2.45, 2.75) is 24.8 Å². The fraction of sp³-hybridized carbons (Fsp3) is 0.250. The van der Waals surface area contributed by atoms with Crippen molar-refractivity contribution in [1.82, 2.24) is 9.71 Å². The Morgan fingerprint density at radius 2 is 2.15 bits per heavy atom. The summed E-state index contributed by atoms with van der Waals surface area (Å²) in [6.07, 6.45) is 1.49. The van der Waals surface area contributed by atoms with Crippen molar-refractivity contribution in [3.8, 4) is 0 Å². The second-order valence-corrected chi connectivity index (χ2v) is 6.05. The summed E-state index contributed by atoms with van der Waals surface area (Å²) in [5.41, 5.74) is 5.20. The molecule has 1 aromatic heterocycles. The van der Waals surface area contributed by atoms with Gasteiger partial charge in [-0.15, -0.1) is 0 Å². The van der Waals surface area contributed by atoms with E-state index in [0.717, 1.165) is 6.07 Å². The number of nitrogen functional groups attached to an aromatic ring is 1. The molecule has 0 aliphatic carbocycles. The number of rotatable bonds is 4. The predicted molar refractivity (Wildman–Crippen MR) is 70.8 cm³/mol. The second-order valence-electron chi connectivity index (χ2n) is 4.34. The van der Waals surface area contributed by atoms with Crippen molar-refractivity contribution in [3.63, 3.8) is 0 Å². The van der Waals surface area contributed by atoms with Gasteiger partial charge in [-0.1, -0.05) is 0 Å². The number of hydrogen-bond donors (Lipinski definition) is 2. The summed E-state index contributed by atoms with van der Waals surface area (Å²) < 4.78 is 45.1. The van der Waals surface area contributed by atoms with Gasteiger partial charge in [-0.05, 0) is 32.0 Å². The molecular formula is C12H14FN3O3S. The Morgan fingerprint density at radius 1 is 1.45 bits per heavy atom. The molecule has 0 spiro atoms. The highest BCUT2D eigenvalue weighted by Gasteiger charge is 2.22. The van der Waals surface area contributed by atoms with Gasteiger partial charge in [0, 0.05) is 0 Å². The number of anilines is 1. The van der Waals surface area contributed by atoms with Gasteiger partial charge in [0.25, 0.3) is 0 Å². The Morgan fingerprint density at radius 3 is 2.70 bits per heavy atom. The summed E-state index contributed by atoms with van der Waals surface area (Å²) in [5, 5.41) is 0. The van der Waals surface area contributed by atoms with Gasteiger partial charge < -0.3 is 10.2 Å². The highest BCUT2D eigenvalue weighted by Crippen LogP contribution is 2.19. The Labute approximate surface area is 115 Å². The van der Waals surface area contributed by atoms with E-state index in [9.17, 15) is 12.8 Å². The molecule has 1 heterocycles. The first kappa shape index (κ1) is 14.5. The number of aromatic nitrogens is 1. The van der Waals surface area contributed by atoms with Crippen LogP contribution in [0, 0.1) is 12.7 Å². The van der Waals surface area contributed by atoms with Crippen LogP contribution in [0.1, 0.15) is 24.6 Å². The largest absolute Gasteiger partial charge is 0.444 e. The monoisotopic (exact) mass is 299 g/mol. The van der Waals surface area contributed by atoms with Gasteiger partial charge in [-0.25, -0.2) is 17.8 Å². The van der Waals surface area contributed by atoms with Crippen molar-refractivity contribution in [2.75, 3.05) is 5.73 Å². The van der Waals surface area contributed by atoms with E-state index in [4.69, 9.17) is 10.2 Å². The minimum atomic E-state index is -3.88. The third kappa shape index (κ3) is 2.97. The summed E-state index contributed by atoms with van der Waals surface area (Å²) in [4.78, 5) is 3.73. The first-order valence-corrected chi connectivity index (χ1v) is 7.27. The number of benzene rings is 1. The average molecular weight is 299 g/mol. The predicted octanol–water partition coefficient (Wildman–Crippen LogP) is 1.74. The van der Waals surface area contributed by atoms with E-state index < -0.39 is 21.9 Å². The minimum absolute atomic E-state index is 0.111. The summed E-state index contributed by atoms with van der Waals surface area (Å²) in [7, 11) is -3.88. The van der Waals surface area contributed by atoms with Crippen LogP contribution in [0.15, 0.2) is 33.7 Å². The van der Waals surface area contributed by atoms with Gasteiger partial charge in [0.05, 0.1) is 22.8 Å². The van der Waals surface area contributed by atoms with Gasteiger partial charge in [-0.2, -0.15) is 4.72 Å². The van der Waals surface area contributed by atoms with Gasteiger partial charge in [0.1, 0.15) is 11.6 Å². The zero-order valence-electron chi connectivity index (χ0n) is 10.9. The van der Waals surface area contributed by atoms with Crippen LogP contribution >= 0.6 is 0 Å². The van der Waals surface area contributed by atoms with Crippen molar-refractivity contribution in [3.05, 3.63) is 41.9 Å². The van der Waals surface area contributed by atoms with Crippen LogP contribution in [0.25, 0.3) is 0 Å². The number of aryl methyl sites for hydroxylation is 1. The maximum Gasteiger partial charge on any atom is 0.241 e. The standard InChI is InChI=1S/C12H14FN3O3S/c1-7-6-15-12(19-7)8(2)16-20(17,18)9-3-4-11(14)10(13)5-9/h3-6,8,16H,14H2,1-2H3. The molecule has 0 fully saturated rings. The summed E-state index contributed by atoms with van der Waals surface area (Å²) in [5.74, 6) is 0.0269. The third-order valence-corrected chi connectivity index (χ3v) is 4.16. The zero-order chi connectivity index (χ0) is 14.9. The summed E-state index contributed by atoms with van der Waals surface area (Å²) >= 11 is 0. The van der Waals surface area contributed by atoms with Crippen LogP contribution in [0.4, 0.5) is 10.1 Å². The summed E-state index contributed by atoms with van der Waals surface area (Å²) in [6.45, 7) is 3.28. The topological polar surface area (TPSA) is 98.2 Å². The van der Waals surface area contributed by atoms with Gasteiger partial charge in [0.15, 0.2) is 0 Å². The lowest BCUT2D eigenvalue weighted by atomic mass is 10.3. The smallest absolute Gasteiger partial charge is 0.241 e. The number of nitrogens with two attached hydrogens (primary N) is 1. The van der Waals surface area contributed by atoms with Crippen molar-refractivity contribution >= 4 is 15.7 Å². The molecule has 1 unspecified atom stereocenters. The molecule has 0 aliphatic rings. The number of halogens is 1. The van der Waals surface area contributed by atoms with E-state index >= 15 is 0 Å². The number of hydrogen-bond acceptors (Lipinski definition) is 5. The second kappa shape index (κ2) is 5.22. The molecule has 0 saturated heterocycles. The molecule has 20 heavy (non-hydrogen) atoms. The maximum atomic E-state index is 13.3. The number of sulfonamides is 1. The Balaban J connectivity index is 2.24. The van der Waals surface area contributed by atoms with E-state index in [2.05, 4.69) is 9.71 Å². The number of nitrogens with zero attached hydrogens (tertiary/aromatic N) is 1. The molecule has 8 heteroatoms. The molecule has 2 aromatic rings. The molecule has 2 rings (SSSR count). The molecule has 0 radical (unpaired) electrons. The van der Waals surface area contributed by atoms with E-state index in [1.165, 1.54) is 18.3 Å². The fourth-order valence-electron chi connectivity index (χ4n) is 1.60. The van der Waals surface area contributed by atoms with Crippen LogP contribution < -0.4 is 10.5 Å². The Kier molecular flexibility index (Phi) is 3.78. The van der Waals surface area contributed by atoms with E-state index in [1.54, 1.807) is 13.8 Å². The molecule has 0 amide bonds. The Bertz CT molecular complexity index is 727. The van der Waals surface area contributed by atoms with Crippen molar-refractivity contribution in [2.24, 2.45) is 0 Å². The van der Waals surface area contributed by atoms with Crippen LogP contribution in [0.2, 0.25) is 0 Å². The Hall–Kier alpha value is -1.93. The molecule has 3 N–H and O–H groups in total. The van der Waals surface area contributed by atoms with Crippen molar-refractivity contribution < 1.29 is 17.2 Å². The van der Waals surface area contributed by atoms with Gasteiger partial charge in [0.2, 0.25) is 15.9 Å². The fourth-order valence-corrected chi connectivity index (χ4v) is 2.81. The van der Waals surface area contributed by atoms with Gasteiger partial charge >= 0.3 is 0 Å². The lowest BCUT2D eigenvalue weighted by molar-refractivity contribution is 0.427. The lowest BCUT2D eigenvalue weighted by Gasteiger charge is -2.11. The number of nitrogens with one attached hydrogen (secondary N) is 1. The van der Waals surface area contributed by atoms with E-state index in [1.807, 2.05) is 0 Å². The van der Waals surface area contributed by atoms with Crippen molar-refractivity contribution in [1.29, 1.82) is 0 Å². The molecule has 0 aliphatic heterocycles. The minimum Gasteiger partial charge on any atom is -0.444 e. The molecule has 6 nitrogen and oxygen atoms in total. The molecule has 0 bridgehead atoms. The zero-order valence-corrected chi connectivity index (χ0v) is 11.7. The van der Waals surface area contributed by atoms with Crippen LogP contribution in [0.5, 0.6) is 0 Å². The normalized spacial score (nSPS) is 13.3. The van der Waals surface area contributed by atoms with Crippen LogP contribution in [0.3, 0.4) is 0 Å². The molecule has 1 atom stereocenters. The highest BCUT2D eigenvalue weighted by molar-refractivity contribution is 7.89. The molecule has 0 saturated carbocycles. The highest BCUT2D eigenvalue weighted by atomic mass is 32.2. The lowest BCUT2D eigenvalue weighted by Crippen LogP contribution is -2.27. The first-order valence-electron chi connectivity index (χ1n) is 5.79. The molecular weight excluding hydrogens is 285 g/mol. The van der Waals surface area contributed by atoms with Crippen LogP contribution in [-0.4, -0.2) is 13.4 Å².